The van der Waals surface area contributed by atoms with Crippen LogP contribution in [0.4, 0.5) is 8.78 Å². The molecule has 0 radical (unpaired) electrons. The van der Waals surface area contributed by atoms with E-state index in [2.05, 4.69) is 53.0 Å². The summed E-state index contributed by atoms with van der Waals surface area (Å²) in [6.45, 7) is 18.2. The lowest BCUT2D eigenvalue weighted by Crippen LogP contribution is -2.47. The van der Waals surface area contributed by atoms with Crippen LogP contribution in [0.5, 0.6) is 0 Å². The zero-order valence-corrected chi connectivity index (χ0v) is 17.8. The Morgan fingerprint density at radius 3 is 1.62 bits per heavy atom. The third-order valence-corrected chi connectivity index (χ3v) is 11.6. The Kier molecular flexibility index (Phi) is 8.65. The molecule has 0 aliphatic rings. The molecule has 0 aromatic carbocycles. The molecule has 0 aliphatic heterocycles. The van der Waals surface area contributed by atoms with Gasteiger partial charge in [0.1, 0.15) is 8.07 Å². The molecule has 24 heavy (non-hydrogen) atoms. The Hall–Kier alpha value is -0.893. The van der Waals surface area contributed by atoms with E-state index < -0.39 is 25.8 Å². The van der Waals surface area contributed by atoms with Crippen molar-refractivity contribution in [2.45, 2.75) is 84.9 Å². The molecule has 1 atom stereocenters. The van der Waals surface area contributed by atoms with E-state index in [-0.39, 0.29) is 13.1 Å². The topological polar surface area (TPSA) is 20.3 Å². The highest BCUT2D eigenvalue weighted by molar-refractivity contribution is 6.90. The van der Waals surface area contributed by atoms with Crippen LogP contribution in [0.15, 0.2) is 0 Å². The Morgan fingerprint density at radius 1 is 0.958 bits per heavy atom. The third-order valence-electron chi connectivity index (χ3n) is 5.25. The van der Waals surface area contributed by atoms with Crippen molar-refractivity contribution in [3.05, 3.63) is 0 Å². The highest BCUT2D eigenvalue weighted by atomic mass is 28.3. The minimum Gasteiger partial charge on any atom is -0.338 e. The van der Waals surface area contributed by atoms with Gasteiger partial charge in [0.25, 0.3) is 5.91 Å². The van der Waals surface area contributed by atoms with E-state index in [1.807, 2.05) is 0 Å². The number of alkyl halides is 2. The standard InChI is InChI=1S/C19H35F2NOSi/c1-10-22(11-2)18(23)19(20,21)17(9)12-13-24(14(3)4,15(5)6)16(7)8/h14-17H,10-11H2,1-9H3/t17-/m1/s1. The normalized spacial score (nSPS) is 13.9. The van der Waals surface area contributed by atoms with Gasteiger partial charge in [-0.25, -0.2) is 0 Å². The first-order valence-corrected chi connectivity index (χ1v) is 11.3. The Balaban J connectivity index is 5.74. The summed E-state index contributed by atoms with van der Waals surface area (Å²) in [5.74, 6) is -3.01. The maximum absolute atomic E-state index is 14.5. The second kappa shape index (κ2) is 8.99. The van der Waals surface area contributed by atoms with Crippen molar-refractivity contribution in [2.75, 3.05) is 13.1 Å². The average molecular weight is 360 g/mol. The zero-order valence-electron chi connectivity index (χ0n) is 16.8. The van der Waals surface area contributed by atoms with Gasteiger partial charge in [0.05, 0.1) is 5.92 Å². The van der Waals surface area contributed by atoms with Gasteiger partial charge >= 0.3 is 5.92 Å². The van der Waals surface area contributed by atoms with Crippen molar-refractivity contribution in [3.8, 4) is 11.5 Å². The first-order valence-electron chi connectivity index (χ1n) is 9.09. The monoisotopic (exact) mass is 359 g/mol. The van der Waals surface area contributed by atoms with Gasteiger partial charge in [0.2, 0.25) is 0 Å². The lowest BCUT2D eigenvalue weighted by molar-refractivity contribution is -0.161. The third kappa shape index (κ3) is 4.59. The van der Waals surface area contributed by atoms with Crippen LogP contribution in [-0.2, 0) is 4.79 Å². The predicted octanol–water partition coefficient (Wildman–Crippen LogP) is 5.35. The second-order valence-corrected chi connectivity index (χ2v) is 13.1. The molecule has 2 nitrogen and oxygen atoms in total. The summed E-state index contributed by atoms with van der Waals surface area (Å²) >= 11 is 0. The minimum atomic E-state index is -3.44. The number of rotatable bonds is 7. The molecule has 0 heterocycles. The van der Waals surface area contributed by atoms with E-state index in [1.54, 1.807) is 13.8 Å². The number of amides is 1. The fourth-order valence-electron chi connectivity index (χ4n) is 3.66. The van der Waals surface area contributed by atoms with Gasteiger partial charge in [-0.15, -0.1) is 11.5 Å². The largest absolute Gasteiger partial charge is 0.338 e. The molecule has 0 fully saturated rings. The maximum Gasteiger partial charge on any atom is 0.337 e. The number of halogens is 2. The van der Waals surface area contributed by atoms with Crippen molar-refractivity contribution in [3.63, 3.8) is 0 Å². The van der Waals surface area contributed by atoms with Crippen LogP contribution in [0.2, 0.25) is 16.6 Å². The Morgan fingerprint density at radius 2 is 1.33 bits per heavy atom. The van der Waals surface area contributed by atoms with Crippen LogP contribution < -0.4 is 0 Å². The molecule has 0 bridgehead atoms. The molecule has 1 amide bonds. The smallest absolute Gasteiger partial charge is 0.337 e. The predicted molar refractivity (Wildman–Crippen MR) is 101 cm³/mol. The van der Waals surface area contributed by atoms with Gasteiger partial charge in [-0.05, 0) is 37.4 Å². The summed E-state index contributed by atoms with van der Waals surface area (Å²) in [6, 6.07) is 0. The summed E-state index contributed by atoms with van der Waals surface area (Å²) in [7, 11) is -2.07. The first kappa shape index (κ1) is 23.1. The van der Waals surface area contributed by atoms with Crippen molar-refractivity contribution < 1.29 is 13.6 Å². The van der Waals surface area contributed by atoms with Gasteiger partial charge in [-0.1, -0.05) is 41.5 Å². The maximum atomic E-state index is 14.5. The SMILES string of the molecule is CCN(CC)C(=O)C(F)(F)[C@H](C)C#C[Si](C(C)C)(C(C)C)C(C)C. The number of carbonyl (C=O) groups excluding carboxylic acids is 1. The molecule has 0 saturated carbocycles. The summed E-state index contributed by atoms with van der Waals surface area (Å²) in [6.07, 6.45) is 0. The molecule has 0 aromatic rings. The molecule has 140 valence electrons. The van der Waals surface area contributed by atoms with Gasteiger partial charge < -0.3 is 4.90 Å². The number of hydrogen-bond donors (Lipinski definition) is 0. The number of hydrogen-bond acceptors (Lipinski definition) is 1. The molecule has 0 unspecified atom stereocenters. The highest BCUT2D eigenvalue weighted by Gasteiger charge is 2.47. The fraction of sp³-hybridized carbons (Fsp3) is 0.842. The van der Waals surface area contributed by atoms with Gasteiger partial charge in [0, 0.05) is 13.1 Å². The molecular weight excluding hydrogens is 324 g/mol. The van der Waals surface area contributed by atoms with Crippen molar-refractivity contribution in [1.29, 1.82) is 0 Å². The average Bonchev–Trinajstić information content (AvgIpc) is 2.47. The molecule has 0 spiro atoms. The summed E-state index contributed by atoms with van der Waals surface area (Å²) in [5.41, 5.74) is 4.44. The van der Waals surface area contributed by atoms with Crippen LogP contribution in [0, 0.1) is 17.4 Å². The lowest BCUT2D eigenvalue weighted by Gasteiger charge is -2.38. The highest BCUT2D eigenvalue weighted by Crippen LogP contribution is 2.41. The molecule has 0 rings (SSSR count). The molecule has 0 N–H and O–H groups in total. The summed E-state index contributed by atoms with van der Waals surface area (Å²) in [4.78, 5) is 13.3. The molecule has 0 aromatic heterocycles. The van der Waals surface area contributed by atoms with E-state index in [0.29, 0.717) is 16.6 Å². The van der Waals surface area contributed by atoms with Crippen LogP contribution in [-0.4, -0.2) is 37.9 Å². The Labute approximate surface area is 148 Å². The van der Waals surface area contributed by atoms with Gasteiger partial charge in [-0.3, -0.25) is 4.79 Å². The van der Waals surface area contributed by atoms with Crippen molar-refractivity contribution >= 4 is 14.0 Å². The van der Waals surface area contributed by atoms with Crippen LogP contribution in [0.3, 0.4) is 0 Å². The lowest BCUT2D eigenvalue weighted by atomic mass is 10.0. The van der Waals surface area contributed by atoms with Crippen molar-refractivity contribution in [1.82, 2.24) is 4.90 Å². The first-order chi connectivity index (χ1) is 10.9. The second-order valence-electron chi connectivity index (χ2n) is 7.49. The number of nitrogens with zero attached hydrogens (tertiary/aromatic N) is 1. The minimum absolute atomic E-state index is 0.285. The summed E-state index contributed by atoms with van der Waals surface area (Å²) in [5, 5.41) is 0. The van der Waals surface area contributed by atoms with Gasteiger partial charge in [0.15, 0.2) is 0 Å². The van der Waals surface area contributed by atoms with E-state index >= 15 is 0 Å². The molecular formula is C19H35F2NOSi. The van der Waals surface area contributed by atoms with Gasteiger partial charge in [-0.2, -0.15) is 8.78 Å². The van der Waals surface area contributed by atoms with E-state index in [9.17, 15) is 13.6 Å². The van der Waals surface area contributed by atoms with Crippen LogP contribution in [0.25, 0.3) is 0 Å². The molecule has 5 heteroatoms. The van der Waals surface area contributed by atoms with Crippen LogP contribution in [0.1, 0.15) is 62.3 Å². The summed E-state index contributed by atoms with van der Waals surface area (Å²) < 4.78 is 29.1. The molecule has 0 aliphatic carbocycles. The fourth-order valence-corrected chi connectivity index (χ4v) is 9.00. The zero-order chi connectivity index (χ0) is 19.3. The quantitative estimate of drug-likeness (QED) is 0.443. The van der Waals surface area contributed by atoms with Crippen molar-refractivity contribution in [2.24, 2.45) is 5.92 Å². The molecule has 0 saturated heterocycles. The van der Waals surface area contributed by atoms with E-state index in [0.717, 1.165) is 0 Å². The Bertz CT molecular complexity index is 452. The van der Waals surface area contributed by atoms with E-state index in [4.69, 9.17) is 0 Å². The van der Waals surface area contributed by atoms with Crippen LogP contribution >= 0.6 is 0 Å². The number of carbonyl (C=O) groups is 1. The van der Waals surface area contributed by atoms with E-state index in [1.165, 1.54) is 11.8 Å².